The van der Waals surface area contributed by atoms with Crippen molar-refractivity contribution in [1.82, 2.24) is 15.2 Å². The van der Waals surface area contributed by atoms with Gasteiger partial charge in [0.05, 0.1) is 6.10 Å². The van der Waals surface area contributed by atoms with Crippen LogP contribution in [0, 0.1) is 5.92 Å². The van der Waals surface area contributed by atoms with Crippen molar-refractivity contribution in [3.63, 3.8) is 0 Å². The average Bonchev–Trinajstić information content (AvgIpc) is 3.40. The first-order chi connectivity index (χ1) is 13.6. The lowest BCUT2D eigenvalue weighted by Gasteiger charge is -2.32. The molecule has 0 bridgehead atoms. The van der Waals surface area contributed by atoms with E-state index < -0.39 is 0 Å². The van der Waals surface area contributed by atoms with Gasteiger partial charge in [-0.25, -0.2) is 4.98 Å². The Balaban J connectivity index is 0.00000240. The number of rotatable bonds is 7. The van der Waals surface area contributed by atoms with Crippen LogP contribution in [-0.4, -0.2) is 47.6 Å². The van der Waals surface area contributed by atoms with Gasteiger partial charge in [-0.2, -0.15) is 0 Å². The van der Waals surface area contributed by atoms with Crippen LogP contribution in [0.1, 0.15) is 50.0 Å². The number of hydrogen-bond acceptors (Lipinski definition) is 5. The van der Waals surface area contributed by atoms with Gasteiger partial charge < -0.3 is 15.0 Å². The average molecular weight is 436 g/mol. The number of halogens is 1. The van der Waals surface area contributed by atoms with Crippen LogP contribution in [0.5, 0.6) is 5.75 Å². The van der Waals surface area contributed by atoms with Gasteiger partial charge in [-0.05, 0) is 76.3 Å². The molecule has 29 heavy (non-hydrogen) atoms. The SMILES string of the molecule is CC(C)Oc1ccc(-c2nc(C(=O)N3CCC(NCC4CC4)CC3)cs2)cc1.Cl. The molecule has 0 radical (unpaired) electrons. The summed E-state index contributed by atoms with van der Waals surface area (Å²) >= 11 is 1.52. The minimum atomic E-state index is 0. The standard InChI is InChI=1S/C22H29N3O2S.ClH/c1-15(2)27-19-7-5-17(6-8-19)21-24-20(14-28-21)22(26)25-11-9-18(10-12-25)23-13-16-3-4-16;/h5-8,14-16,18,23H,3-4,9-13H2,1-2H3;1H. The fourth-order valence-corrected chi connectivity index (χ4v) is 4.36. The molecule has 2 heterocycles. The summed E-state index contributed by atoms with van der Waals surface area (Å²) in [5.41, 5.74) is 1.58. The van der Waals surface area contributed by atoms with E-state index in [1.165, 1.54) is 24.2 Å². The van der Waals surface area contributed by atoms with Crippen LogP contribution in [0.4, 0.5) is 0 Å². The summed E-state index contributed by atoms with van der Waals surface area (Å²) in [6.45, 7) is 6.80. The molecule has 1 aliphatic carbocycles. The maximum absolute atomic E-state index is 12.8. The van der Waals surface area contributed by atoms with Crippen LogP contribution in [0.3, 0.4) is 0 Å². The van der Waals surface area contributed by atoms with E-state index in [0.29, 0.717) is 11.7 Å². The van der Waals surface area contributed by atoms with Crippen molar-refractivity contribution < 1.29 is 9.53 Å². The fraction of sp³-hybridized carbons (Fsp3) is 0.545. The Hall–Kier alpha value is -1.63. The highest BCUT2D eigenvalue weighted by molar-refractivity contribution is 7.13. The molecule has 7 heteroatoms. The summed E-state index contributed by atoms with van der Waals surface area (Å²) < 4.78 is 5.69. The molecule has 1 saturated carbocycles. The lowest BCUT2D eigenvalue weighted by Crippen LogP contribution is -2.45. The zero-order valence-corrected chi connectivity index (χ0v) is 18.7. The van der Waals surface area contributed by atoms with Gasteiger partial charge >= 0.3 is 0 Å². The quantitative estimate of drug-likeness (QED) is 0.689. The second kappa shape index (κ2) is 9.92. The Morgan fingerprint density at radius 3 is 2.52 bits per heavy atom. The first-order valence-corrected chi connectivity index (χ1v) is 11.2. The molecule has 1 amide bonds. The largest absolute Gasteiger partial charge is 0.491 e. The summed E-state index contributed by atoms with van der Waals surface area (Å²) in [6.07, 6.45) is 4.98. The van der Waals surface area contributed by atoms with Gasteiger partial charge in [0.25, 0.3) is 5.91 Å². The van der Waals surface area contributed by atoms with E-state index >= 15 is 0 Å². The summed E-state index contributed by atoms with van der Waals surface area (Å²) in [4.78, 5) is 19.4. The molecule has 1 saturated heterocycles. The Labute approximate surface area is 183 Å². The molecule has 2 aliphatic rings. The number of hydrogen-bond donors (Lipinski definition) is 1. The van der Waals surface area contributed by atoms with E-state index in [4.69, 9.17) is 4.74 Å². The van der Waals surface area contributed by atoms with Crippen LogP contribution in [0.25, 0.3) is 10.6 Å². The van der Waals surface area contributed by atoms with Gasteiger partial charge in [-0.1, -0.05) is 0 Å². The van der Waals surface area contributed by atoms with Crippen LogP contribution in [0.15, 0.2) is 29.6 Å². The number of thiazole rings is 1. The van der Waals surface area contributed by atoms with Crippen LogP contribution >= 0.6 is 23.7 Å². The molecule has 5 nitrogen and oxygen atoms in total. The van der Waals surface area contributed by atoms with Crippen LogP contribution in [-0.2, 0) is 0 Å². The second-order valence-electron chi connectivity index (χ2n) is 8.15. The molecule has 0 unspecified atom stereocenters. The first kappa shape index (κ1) is 22.1. The van der Waals surface area contributed by atoms with Crippen LogP contribution < -0.4 is 10.1 Å². The van der Waals surface area contributed by atoms with Gasteiger partial charge in [0.15, 0.2) is 0 Å². The number of aromatic nitrogens is 1. The highest BCUT2D eigenvalue weighted by Crippen LogP contribution is 2.29. The highest BCUT2D eigenvalue weighted by atomic mass is 35.5. The molecule has 0 atom stereocenters. The number of likely N-dealkylation sites (tertiary alicyclic amines) is 1. The first-order valence-electron chi connectivity index (χ1n) is 10.3. The molecule has 2 aromatic rings. The molecule has 2 fully saturated rings. The van der Waals surface area contributed by atoms with Crippen molar-refractivity contribution in [1.29, 1.82) is 0 Å². The number of amides is 1. The highest BCUT2D eigenvalue weighted by Gasteiger charge is 2.27. The van der Waals surface area contributed by atoms with Crippen molar-refractivity contribution in [2.24, 2.45) is 5.92 Å². The van der Waals surface area contributed by atoms with Crippen LogP contribution in [0.2, 0.25) is 0 Å². The van der Waals surface area contributed by atoms with Gasteiger partial charge in [-0.3, -0.25) is 4.79 Å². The van der Waals surface area contributed by atoms with E-state index in [-0.39, 0.29) is 24.4 Å². The van der Waals surface area contributed by atoms with Crippen molar-refractivity contribution in [2.75, 3.05) is 19.6 Å². The Morgan fingerprint density at radius 1 is 1.21 bits per heavy atom. The molecule has 1 aliphatic heterocycles. The normalized spacial score (nSPS) is 17.3. The lowest BCUT2D eigenvalue weighted by molar-refractivity contribution is 0.0700. The summed E-state index contributed by atoms with van der Waals surface area (Å²) in [5.74, 6) is 1.81. The zero-order valence-electron chi connectivity index (χ0n) is 17.1. The van der Waals surface area contributed by atoms with E-state index in [9.17, 15) is 4.79 Å². The number of ether oxygens (including phenoxy) is 1. The third kappa shape index (κ3) is 5.93. The molecule has 1 aromatic heterocycles. The van der Waals surface area contributed by atoms with Gasteiger partial charge in [0.1, 0.15) is 16.5 Å². The maximum Gasteiger partial charge on any atom is 0.273 e. The molecule has 1 aromatic carbocycles. The lowest BCUT2D eigenvalue weighted by atomic mass is 10.0. The Kier molecular flexibility index (Phi) is 7.55. The van der Waals surface area contributed by atoms with Gasteiger partial charge in [0, 0.05) is 30.1 Å². The number of piperidine rings is 1. The molecular weight excluding hydrogens is 406 g/mol. The van der Waals surface area contributed by atoms with Gasteiger partial charge in [0.2, 0.25) is 0 Å². The number of nitrogens with zero attached hydrogens (tertiary/aromatic N) is 2. The maximum atomic E-state index is 12.8. The minimum absolute atomic E-state index is 0. The van der Waals surface area contributed by atoms with Gasteiger partial charge in [-0.15, -0.1) is 23.7 Å². The topological polar surface area (TPSA) is 54.5 Å². The minimum Gasteiger partial charge on any atom is -0.491 e. The third-order valence-corrected chi connectivity index (χ3v) is 6.26. The van der Waals surface area contributed by atoms with Crippen molar-refractivity contribution in [3.8, 4) is 16.3 Å². The Bertz CT molecular complexity index is 797. The summed E-state index contributed by atoms with van der Waals surface area (Å²) in [6, 6.07) is 8.47. The smallest absolute Gasteiger partial charge is 0.273 e. The number of carbonyl (C=O) groups is 1. The van der Waals surface area contributed by atoms with Crippen molar-refractivity contribution in [2.45, 2.75) is 51.7 Å². The van der Waals surface area contributed by atoms with Crippen molar-refractivity contribution >= 4 is 29.7 Å². The monoisotopic (exact) mass is 435 g/mol. The van der Waals surface area contributed by atoms with Crippen molar-refractivity contribution in [3.05, 3.63) is 35.3 Å². The van der Waals surface area contributed by atoms with E-state index in [1.54, 1.807) is 0 Å². The number of benzene rings is 1. The number of carbonyl (C=O) groups excluding carboxylic acids is 1. The molecule has 4 rings (SSSR count). The van der Waals surface area contributed by atoms with E-state index in [0.717, 1.165) is 54.7 Å². The zero-order chi connectivity index (χ0) is 19.5. The predicted octanol–water partition coefficient (Wildman–Crippen LogP) is 4.62. The molecule has 158 valence electrons. The molecular formula is C22H30ClN3O2S. The predicted molar refractivity (Wildman–Crippen MR) is 120 cm³/mol. The number of nitrogens with one attached hydrogen (secondary N) is 1. The van der Waals surface area contributed by atoms with E-state index in [1.807, 2.05) is 48.4 Å². The fourth-order valence-electron chi connectivity index (χ4n) is 3.56. The Morgan fingerprint density at radius 2 is 1.90 bits per heavy atom. The second-order valence-corrected chi connectivity index (χ2v) is 9.01. The molecule has 0 spiro atoms. The summed E-state index contributed by atoms with van der Waals surface area (Å²) in [7, 11) is 0. The molecule has 1 N–H and O–H groups in total. The third-order valence-electron chi connectivity index (χ3n) is 5.37. The summed E-state index contributed by atoms with van der Waals surface area (Å²) in [5, 5.41) is 6.42. The van der Waals surface area contributed by atoms with E-state index in [2.05, 4.69) is 10.3 Å².